The molecule has 0 radical (unpaired) electrons. The summed E-state index contributed by atoms with van der Waals surface area (Å²) in [4.78, 5) is 14.5. The molecule has 2 saturated heterocycles. The van der Waals surface area contributed by atoms with Crippen molar-refractivity contribution >= 4 is 10.0 Å². The number of fused-ring (bicyclic) bond motifs is 1. The van der Waals surface area contributed by atoms with Gasteiger partial charge in [-0.3, -0.25) is 9.88 Å². The number of sulfonamides is 1. The fourth-order valence-corrected chi connectivity index (χ4v) is 5.63. The first kappa shape index (κ1) is 21.5. The summed E-state index contributed by atoms with van der Waals surface area (Å²) < 4.78 is 71.3. The Labute approximate surface area is 183 Å². The molecular formula is C20H22F3N5O3S. The molecule has 12 heteroatoms. The molecule has 4 heterocycles. The molecule has 172 valence electrons. The molecule has 32 heavy (non-hydrogen) atoms. The highest BCUT2D eigenvalue weighted by Gasteiger charge is 2.41. The van der Waals surface area contributed by atoms with Crippen LogP contribution in [0.2, 0.25) is 0 Å². The third-order valence-electron chi connectivity index (χ3n) is 6.14. The number of aromatic nitrogens is 3. The molecule has 2 aliphatic heterocycles. The molecular weight excluding hydrogens is 447 g/mol. The van der Waals surface area contributed by atoms with Crippen LogP contribution >= 0.6 is 0 Å². The second-order valence-electron chi connectivity index (χ2n) is 8.42. The molecule has 0 unspecified atom stereocenters. The van der Waals surface area contributed by atoms with Gasteiger partial charge in [0.05, 0.1) is 23.7 Å². The van der Waals surface area contributed by atoms with Crippen LogP contribution in [-0.2, 0) is 16.2 Å². The van der Waals surface area contributed by atoms with Gasteiger partial charge in [-0.2, -0.15) is 17.5 Å². The Morgan fingerprint density at radius 1 is 1.00 bits per heavy atom. The SMILES string of the molecule is O=S(=O)(c1ccc(C(F)(F)F)cn1)N1CCN2C[C@H](Oc3cnc(C4CC4)cn3)C[C@H]2C1. The van der Waals surface area contributed by atoms with Gasteiger partial charge in [-0.25, -0.2) is 18.4 Å². The Bertz CT molecular complexity index is 1080. The number of hydrogen-bond donors (Lipinski definition) is 0. The van der Waals surface area contributed by atoms with Crippen molar-refractivity contribution < 1.29 is 26.3 Å². The maximum atomic E-state index is 12.9. The molecule has 0 aromatic carbocycles. The molecule has 5 rings (SSSR count). The standard InChI is InChI=1S/C20H22F3N5O3S/c21-20(22,23)14-3-4-19(26-8-14)32(29,30)28-6-5-27-12-16(7-15(27)11-28)31-18-10-24-17(9-25-18)13-1-2-13/h3-4,8-10,13,15-16H,1-2,5-7,11-12H2/t15-,16+/m0/s1. The van der Waals surface area contributed by atoms with E-state index in [-0.39, 0.29) is 30.3 Å². The van der Waals surface area contributed by atoms with E-state index in [1.54, 1.807) is 12.4 Å². The minimum absolute atomic E-state index is 0.0448. The Morgan fingerprint density at radius 3 is 2.44 bits per heavy atom. The predicted octanol–water partition coefficient (Wildman–Crippen LogP) is 2.29. The lowest BCUT2D eigenvalue weighted by molar-refractivity contribution is -0.137. The van der Waals surface area contributed by atoms with Crippen LogP contribution in [0.25, 0.3) is 0 Å². The van der Waals surface area contributed by atoms with Gasteiger partial charge in [-0.1, -0.05) is 0 Å². The lowest BCUT2D eigenvalue weighted by atomic mass is 10.2. The monoisotopic (exact) mass is 469 g/mol. The van der Waals surface area contributed by atoms with E-state index in [0.717, 1.165) is 30.7 Å². The maximum Gasteiger partial charge on any atom is 0.417 e. The van der Waals surface area contributed by atoms with Gasteiger partial charge < -0.3 is 4.74 Å². The van der Waals surface area contributed by atoms with E-state index in [4.69, 9.17) is 4.74 Å². The number of piperazine rings is 1. The highest BCUT2D eigenvalue weighted by molar-refractivity contribution is 7.89. The van der Waals surface area contributed by atoms with Gasteiger partial charge in [-0.05, 0) is 25.0 Å². The summed E-state index contributed by atoms with van der Waals surface area (Å²) in [6, 6.07) is 1.61. The molecule has 3 fully saturated rings. The molecule has 1 saturated carbocycles. The van der Waals surface area contributed by atoms with E-state index in [1.165, 1.54) is 4.31 Å². The first-order chi connectivity index (χ1) is 15.2. The van der Waals surface area contributed by atoms with Gasteiger partial charge >= 0.3 is 6.18 Å². The number of hydrogen-bond acceptors (Lipinski definition) is 7. The van der Waals surface area contributed by atoms with Gasteiger partial charge in [0.15, 0.2) is 5.03 Å². The summed E-state index contributed by atoms with van der Waals surface area (Å²) in [5, 5.41) is -0.379. The van der Waals surface area contributed by atoms with Crippen molar-refractivity contribution in [1.82, 2.24) is 24.2 Å². The summed E-state index contributed by atoms with van der Waals surface area (Å²) in [6.07, 6.45) is 2.16. The maximum absolute atomic E-state index is 12.9. The van der Waals surface area contributed by atoms with Crippen LogP contribution in [0.1, 0.15) is 36.4 Å². The fraction of sp³-hybridized carbons (Fsp3) is 0.550. The first-order valence-electron chi connectivity index (χ1n) is 10.5. The number of alkyl halides is 3. The van der Waals surface area contributed by atoms with E-state index >= 15 is 0 Å². The number of rotatable bonds is 5. The van der Waals surface area contributed by atoms with Crippen LogP contribution in [0.5, 0.6) is 5.88 Å². The molecule has 2 aromatic rings. The van der Waals surface area contributed by atoms with E-state index < -0.39 is 21.8 Å². The number of halogens is 3. The summed E-state index contributed by atoms with van der Waals surface area (Å²) in [7, 11) is -3.98. The molecule has 3 aliphatic rings. The van der Waals surface area contributed by atoms with Gasteiger partial charge in [-0.15, -0.1) is 0 Å². The van der Waals surface area contributed by atoms with Crippen LogP contribution in [0.4, 0.5) is 13.2 Å². The van der Waals surface area contributed by atoms with Gasteiger partial charge in [0.2, 0.25) is 5.88 Å². The molecule has 0 amide bonds. The number of pyridine rings is 1. The molecule has 2 aromatic heterocycles. The molecule has 1 aliphatic carbocycles. The highest BCUT2D eigenvalue weighted by atomic mass is 32.2. The van der Waals surface area contributed by atoms with Gasteiger partial charge in [0.25, 0.3) is 10.0 Å². The quantitative estimate of drug-likeness (QED) is 0.664. The van der Waals surface area contributed by atoms with Crippen molar-refractivity contribution in [2.24, 2.45) is 0 Å². The normalized spacial score (nSPS) is 25.0. The Kier molecular flexibility index (Phi) is 5.33. The fourth-order valence-electron chi connectivity index (χ4n) is 4.25. The van der Waals surface area contributed by atoms with Gasteiger partial charge in [0.1, 0.15) is 6.10 Å². The Hall–Kier alpha value is -2.31. The minimum atomic E-state index is -4.57. The molecule has 0 N–H and O–H groups in total. The topological polar surface area (TPSA) is 88.5 Å². The summed E-state index contributed by atoms with van der Waals surface area (Å²) in [5.41, 5.74) is 0.00392. The van der Waals surface area contributed by atoms with Crippen LogP contribution in [0.3, 0.4) is 0 Å². The van der Waals surface area contributed by atoms with Crippen molar-refractivity contribution in [2.75, 3.05) is 26.2 Å². The summed E-state index contributed by atoms with van der Waals surface area (Å²) >= 11 is 0. The molecule has 0 spiro atoms. The Morgan fingerprint density at radius 2 is 1.81 bits per heavy atom. The van der Waals surface area contributed by atoms with Crippen LogP contribution < -0.4 is 4.74 Å². The molecule has 0 bridgehead atoms. The van der Waals surface area contributed by atoms with E-state index in [9.17, 15) is 21.6 Å². The van der Waals surface area contributed by atoms with Crippen LogP contribution in [0, 0.1) is 0 Å². The summed E-state index contributed by atoms with van der Waals surface area (Å²) in [6.45, 7) is 1.64. The Balaban J connectivity index is 1.22. The number of ether oxygens (including phenoxy) is 1. The smallest absolute Gasteiger partial charge is 0.417 e. The second-order valence-corrected chi connectivity index (χ2v) is 10.3. The van der Waals surface area contributed by atoms with Gasteiger partial charge in [0, 0.05) is 50.8 Å². The third kappa shape index (κ3) is 4.30. The zero-order valence-corrected chi connectivity index (χ0v) is 17.9. The lowest BCUT2D eigenvalue weighted by Gasteiger charge is -2.36. The van der Waals surface area contributed by atoms with Crippen molar-refractivity contribution in [3.05, 3.63) is 42.0 Å². The zero-order valence-electron chi connectivity index (χ0n) is 17.1. The third-order valence-corrected chi connectivity index (χ3v) is 7.92. The van der Waals surface area contributed by atoms with Crippen molar-refractivity contribution in [3.8, 4) is 5.88 Å². The predicted molar refractivity (Wildman–Crippen MR) is 106 cm³/mol. The highest BCUT2D eigenvalue weighted by Crippen LogP contribution is 2.38. The zero-order chi connectivity index (χ0) is 22.5. The van der Waals surface area contributed by atoms with Crippen molar-refractivity contribution in [3.63, 3.8) is 0 Å². The van der Waals surface area contributed by atoms with Crippen LogP contribution in [0.15, 0.2) is 35.7 Å². The lowest BCUT2D eigenvalue weighted by Crippen LogP contribution is -2.52. The molecule has 2 atom stereocenters. The minimum Gasteiger partial charge on any atom is -0.472 e. The average molecular weight is 469 g/mol. The van der Waals surface area contributed by atoms with Crippen molar-refractivity contribution in [1.29, 1.82) is 0 Å². The molecule has 8 nitrogen and oxygen atoms in total. The van der Waals surface area contributed by atoms with E-state index in [0.29, 0.717) is 37.5 Å². The average Bonchev–Trinajstić information content (AvgIpc) is 3.53. The number of nitrogens with zero attached hydrogens (tertiary/aromatic N) is 5. The largest absolute Gasteiger partial charge is 0.472 e. The van der Waals surface area contributed by atoms with E-state index in [1.807, 2.05) is 0 Å². The first-order valence-corrected chi connectivity index (χ1v) is 11.9. The van der Waals surface area contributed by atoms with Crippen molar-refractivity contribution in [2.45, 2.75) is 48.5 Å². The van der Waals surface area contributed by atoms with Crippen LogP contribution in [-0.4, -0.2) is 70.9 Å². The van der Waals surface area contributed by atoms with E-state index in [2.05, 4.69) is 19.9 Å². The second kappa shape index (κ2) is 7.92. The summed E-state index contributed by atoms with van der Waals surface area (Å²) in [5.74, 6) is 0.974.